The third kappa shape index (κ3) is 9.13. The number of unbranched alkanes of at least 4 members (excludes halogenated alkanes) is 4. The lowest BCUT2D eigenvalue weighted by Gasteiger charge is -2.29. The van der Waals surface area contributed by atoms with Crippen LogP contribution in [0.25, 0.3) is 0 Å². The lowest BCUT2D eigenvalue weighted by Crippen LogP contribution is -2.44. The van der Waals surface area contributed by atoms with E-state index in [1.165, 1.54) is 64.5 Å². The molecular weight excluding hydrogens is 260 g/mol. The molecule has 0 spiro atoms. The van der Waals surface area contributed by atoms with Crippen molar-refractivity contribution >= 4 is 5.91 Å². The van der Waals surface area contributed by atoms with Crippen molar-refractivity contribution in [3.05, 3.63) is 0 Å². The van der Waals surface area contributed by atoms with E-state index in [9.17, 15) is 4.79 Å². The fraction of sp³-hybridized carbons (Fsp3) is 0.944. The Morgan fingerprint density at radius 2 is 1.71 bits per heavy atom. The number of piperidine rings is 1. The zero-order valence-electron chi connectivity index (χ0n) is 14.5. The van der Waals surface area contributed by atoms with Crippen molar-refractivity contribution in [3.8, 4) is 0 Å². The number of nitrogens with one attached hydrogen (secondary N) is 1. The van der Waals surface area contributed by atoms with Crippen molar-refractivity contribution in [2.75, 3.05) is 19.6 Å². The Kier molecular flexibility index (Phi) is 8.98. The molecule has 1 amide bonds. The molecule has 3 nitrogen and oxygen atoms in total. The maximum absolute atomic E-state index is 12.1. The zero-order chi connectivity index (χ0) is 15.6. The Labute approximate surface area is 131 Å². The van der Waals surface area contributed by atoms with Gasteiger partial charge in [0.2, 0.25) is 5.91 Å². The molecule has 0 saturated carbocycles. The van der Waals surface area contributed by atoms with Crippen LogP contribution in [0.2, 0.25) is 0 Å². The van der Waals surface area contributed by atoms with E-state index >= 15 is 0 Å². The minimum atomic E-state index is -0.0504. The van der Waals surface area contributed by atoms with Crippen molar-refractivity contribution in [3.63, 3.8) is 0 Å². The molecule has 1 aliphatic heterocycles. The van der Waals surface area contributed by atoms with Gasteiger partial charge in [-0.2, -0.15) is 0 Å². The van der Waals surface area contributed by atoms with Gasteiger partial charge in [0.15, 0.2) is 0 Å². The summed E-state index contributed by atoms with van der Waals surface area (Å²) < 4.78 is 0. The quantitative estimate of drug-likeness (QED) is 0.615. The van der Waals surface area contributed by atoms with Gasteiger partial charge in [0, 0.05) is 18.5 Å². The fourth-order valence-corrected chi connectivity index (χ4v) is 3.12. The van der Waals surface area contributed by atoms with E-state index in [2.05, 4.69) is 31.0 Å². The lowest BCUT2D eigenvalue weighted by molar-refractivity contribution is -0.123. The molecule has 0 aliphatic carbocycles. The topological polar surface area (TPSA) is 32.3 Å². The molecule has 124 valence electrons. The molecule has 0 aromatic rings. The first-order valence-electron chi connectivity index (χ1n) is 9.07. The van der Waals surface area contributed by atoms with Crippen LogP contribution in [0.3, 0.4) is 0 Å². The first kappa shape index (κ1) is 18.5. The summed E-state index contributed by atoms with van der Waals surface area (Å²) in [5.41, 5.74) is -0.0504. The number of hydrogen-bond acceptors (Lipinski definition) is 2. The van der Waals surface area contributed by atoms with Crippen LogP contribution in [-0.2, 0) is 4.79 Å². The van der Waals surface area contributed by atoms with E-state index in [1.54, 1.807) is 0 Å². The van der Waals surface area contributed by atoms with E-state index in [4.69, 9.17) is 0 Å². The van der Waals surface area contributed by atoms with E-state index in [1.807, 2.05) is 0 Å². The normalized spacial score (nSPS) is 16.9. The maximum Gasteiger partial charge on any atom is 0.221 e. The summed E-state index contributed by atoms with van der Waals surface area (Å²) in [6.07, 6.45) is 12.2. The lowest BCUT2D eigenvalue weighted by atomic mass is 9.96. The Hall–Kier alpha value is -0.570. The van der Waals surface area contributed by atoms with Gasteiger partial charge in [-0.15, -0.1) is 0 Å². The Bertz CT molecular complexity index is 283. The summed E-state index contributed by atoms with van der Waals surface area (Å²) in [7, 11) is 0. The summed E-state index contributed by atoms with van der Waals surface area (Å²) in [4.78, 5) is 14.5. The second-order valence-electron chi connectivity index (χ2n) is 7.25. The number of rotatable bonds is 10. The monoisotopic (exact) mass is 296 g/mol. The van der Waals surface area contributed by atoms with E-state index in [0.29, 0.717) is 6.42 Å². The van der Waals surface area contributed by atoms with Crippen LogP contribution in [-0.4, -0.2) is 36.0 Å². The second kappa shape index (κ2) is 10.2. The standard InChI is InChI=1S/C18H36N2O/c1-4-5-6-7-9-13-18(2,3)19-17(21)12-16-20-14-10-8-11-15-20/h4-16H2,1-3H3,(H,19,21). The highest BCUT2D eigenvalue weighted by atomic mass is 16.1. The van der Waals surface area contributed by atoms with Gasteiger partial charge in [-0.25, -0.2) is 0 Å². The number of hydrogen-bond donors (Lipinski definition) is 1. The molecule has 0 aromatic carbocycles. The Morgan fingerprint density at radius 1 is 1.05 bits per heavy atom. The number of likely N-dealkylation sites (tertiary alicyclic amines) is 1. The highest BCUT2D eigenvalue weighted by molar-refractivity contribution is 5.76. The van der Waals surface area contributed by atoms with Crippen LogP contribution < -0.4 is 5.32 Å². The van der Waals surface area contributed by atoms with E-state index in [0.717, 1.165) is 13.0 Å². The van der Waals surface area contributed by atoms with Crippen molar-refractivity contribution in [2.24, 2.45) is 0 Å². The SMILES string of the molecule is CCCCCCCC(C)(C)NC(=O)CCN1CCCCC1. The Balaban J connectivity index is 2.12. The van der Waals surface area contributed by atoms with E-state index < -0.39 is 0 Å². The molecule has 0 bridgehead atoms. The zero-order valence-corrected chi connectivity index (χ0v) is 14.5. The van der Waals surface area contributed by atoms with Crippen LogP contribution in [0.1, 0.15) is 85.0 Å². The van der Waals surface area contributed by atoms with Gasteiger partial charge in [-0.3, -0.25) is 4.79 Å². The van der Waals surface area contributed by atoms with Crippen molar-refractivity contribution in [2.45, 2.75) is 90.5 Å². The average molecular weight is 296 g/mol. The number of carbonyl (C=O) groups excluding carboxylic acids is 1. The van der Waals surface area contributed by atoms with Crippen LogP contribution in [0, 0.1) is 0 Å². The summed E-state index contributed by atoms with van der Waals surface area (Å²) in [5.74, 6) is 0.221. The summed E-state index contributed by atoms with van der Waals surface area (Å²) in [6.45, 7) is 9.84. The van der Waals surface area contributed by atoms with Crippen molar-refractivity contribution in [1.29, 1.82) is 0 Å². The molecule has 0 aromatic heterocycles. The summed E-state index contributed by atoms with van der Waals surface area (Å²) in [6, 6.07) is 0. The van der Waals surface area contributed by atoms with Crippen LogP contribution in [0.4, 0.5) is 0 Å². The molecule has 1 saturated heterocycles. The molecule has 0 radical (unpaired) electrons. The van der Waals surface area contributed by atoms with Gasteiger partial charge < -0.3 is 10.2 Å². The van der Waals surface area contributed by atoms with Crippen LogP contribution in [0.15, 0.2) is 0 Å². The Morgan fingerprint density at radius 3 is 2.38 bits per heavy atom. The molecule has 0 atom stereocenters. The van der Waals surface area contributed by atoms with Gasteiger partial charge in [-0.05, 0) is 46.2 Å². The number of carbonyl (C=O) groups is 1. The van der Waals surface area contributed by atoms with Gasteiger partial charge in [0.25, 0.3) is 0 Å². The fourth-order valence-electron chi connectivity index (χ4n) is 3.12. The number of amides is 1. The minimum Gasteiger partial charge on any atom is -0.351 e. The molecular formula is C18H36N2O. The molecule has 1 aliphatic rings. The molecule has 21 heavy (non-hydrogen) atoms. The highest BCUT2D eigenvalue weighted by Crippen LogP contribution is 2.15. The molecule has 1 fully saturated rings. The first-order chi connectivity index (χ1) is 10.0. The van der Waals surface area contributed by atoms with Crippen LogP contribution in [0.5, 0.6) is 0 Å². The average Bonchev–Trinajstić information content (AvgIpc) is 2.45. The van der Waals surface area contributed by atoms with Crippen molar-refractivity contribution < 1.29 is 4.79 Å². The molecule has 1 heterocycles. The molecule has 3 heteroatoms. The van der Waals surface area contributed by atoms with Crippen molar-refractivity contribution in [1.82, 2.24) is 10.2 Å². The second-order valence-corrected chi connectivity index (χ2v) is 7.25. The summed E-state index contributed by atoms with van der Waals surface area (Å²) in [5, 5.41) is 3.22. The van der Waals surface area contributed by atoms with Gasteiger partial charge >= 0.3 is 0 Å². The molecule has 1 N–H and O–H groups in total. The van der Waals surface area contributed by atoms with Crippen LogP contribution >= 0.6 is 0 Å². The van der Waals surface area contributed by atoms with E-state index in [-0.39, 0.29) is 11.4 Å². The maximum atomic E-state index is 12.1. The third-order valence-electron chi connectivity index (χ3n) is 4.49. The number of nitrogens with zero attached hydrogens (tertiary/aromatic N) is 1. The highest BCUT2D eigenvalue weighted by Gasteiger charge is 2.20. The summed E-state index contributed by atoms with van der Waals surface area (Å²) >= 11 is 0. The molecule has 0 unspecified atom stereocenters. The predicted octanol–water partition coefficient (Wildman–Crippen LogP) is 4.12. The minimum absolute atomic E-state index is 0.0504. The smallest absolute Gasteiger partial charge is 0.221 e. The van der Waals surface area contributed by atoms with Gasteiger partial charge in [0.1, 0.15) is 0 Å². The molecule has 1 rings (SSSR count). The predicted molar refractivity (Wildman–Crippen MR) is 90.5 cm³/mol. The first-order valence-corrected chi connectivity index (χ1v) is 9.07. The van der Waals surface area contributed by atoms with Gasteiger partial charge in [-0.1, -0.05) is 45.4 Å². The third-order valence-corrected chi connectivity index (χ3v) is 4.49. The van der Waals surface area contributed by atoms with Gasteiger partial charge in [0.05, 0.1) is 0 Å². The largest absolute Gasteiger partial charge is 0.351 e.